The summed E-state index contributed by atoms with van der Waals surface area (Å²) >= 11 is 7.29. The van der Waals surface area contributed by atoms with Crippen molar-refractivity contribution in [3.8, 4) is 11.6 Å². The Hall–Kier alpha value is -3.30. The van der Waals surface area contributed by atoms with Gasteiger partial charge in [0.15, 0.2) is 16.7 Å². The Morgan fingerprint density at radius 3 is 2.65 bits per heavy atom. The summed E-state index contributed by atoms with van der Waals surface area (Å²) in [6, 6.07) is 14.2. The summed E-state index contributed by atoms with van der Waals surface area (Å²) in [4.78, 5) is 23.5. The maximum absolute atomic E-state index is 12.3. The van der Waals surface area contributed by atoms with Crippen LogP contribution >= 0.6 is 23.4 Å². The van der Waals surface area contributed by atoms with E-state index < -0.39 is 0 Å². The first-order valence-electron chi connectivity index (χ1n) is 9.28. The zero-order valence-corrected chi connectivity index (χ0v) is 18.3. The van der Waals surface area contributed by atoms with E-state index in [0.29, 0.717) is 38.7 Å². The highest BCUT2D eigenvalue weighted by Crippen LogP contribution is 2.30. The lowest BCUT2D eigenvalue weighted by atomic mass is 10.2. The van der Waals surface area contributed by atoms with Gasteiger partial charge in [-0.25, -0.2) is 0 Å². The maximum atomic E-state index is 12.3. The van der Waals surface area contributed by atoms with E-state index in [2.05, 4.69) is 20.8 Å². The second-order valence-corrected chi connectivity index (χ2v) is 8.14. The number of benzene rings is 2. The van der Waals surface area contributed by atoms with Crippen LogP contribution in [0.15, 0.2) is 58.1 Å². The quantitative estimate of drug-likeness (QED) is 0.413. The van der Waals surface area contributed by atoms with Crippen LogP contribution in [0.4, 0.5) is 11.4 Å². The van der Waals surface area contributed by atoms with E-state index in [-0.39, 0.29) is 17.6 Å². The minimum Gasteiger partial charge on any atom is -0.453 e. The highest BCUT2D eigenvalue weighted by Gasteiger charge is 2.16. The zero-order valence-electron chi connectivity index (χ0n) is 16.7. The van der Waals surface area contributed by atoms with Gasteiger partial charge in [-0.3, -0.25) is 9.59 Å². The average molecular weight is 456 g/mol. The first-order valence-corrected chi connectivity index (χ1v) is 10.6. The summed E-state index contributed by atoms with van der Waals surface area (Å²) in [5.74, 6) is 0.890. The molecule has 2 amide bonds. The molecule has 0 aliphatic heterocycles. The summed E-state index contributed by atoms with van der Waals surface area (Å²) in [5.41, 5.74) is 1.91. The van der Waals surface area contributed by atoms with Crippen LogP contribution in [0.3, 0.4) is 0 Å². The molecule has 0 saturated carbocycles. The third kappa shape index (κ3) is 4.89. The molecule has 2 aromatic heterocycles. The summed E-state index contributed by atoms with van der Waals surface area (Å²) in [7, 11) is 1.81. The maximum Gasteiger partial charge on any atom is 0.234 e. The lowest BCUT2D eigenvalue weighted by Gasteiger charge is -2.07. The fourth-order valence-corrected chi connectivity index (χ4v) is 3.88. The number of anilines is 2. The van der Waals surface area contributed by atoms with E-state index in [0.717, 1.165) is 5.39 Å². The molecule has 2 heterocycles. The number of fused-ring (bicyclic) bond motifs is 1. The molecular formula is C21H18ClN5O3S. The molecular weight excluding hydrogens is 438 g/mol. The molecule has 31 heavy (non-hydrogen) atoms. The summed E-state index contributed by atoms with van der Waals surface area (Å²) in [6.07, 6.45) is 0. The average Bonchev–Trinajstić information content (AvgIpc) is 3.28. The molecule has 0 aliphatic carbocycles. The third-order valence-corrected chi connectivity index (χ3v) is 5.59. The van der Waals surface area contributed by atoms with Gasteiger partial charge in [0.2, 0.25) is 11.8 Å². The number of carbonyl (C=O) groups is 2. The van der Waals surface area contributed by atoms with E-state index in [1.54, 1.807) is 41.0 Å². The van der Waals surface area contributed by atoms with E-state index in [4.69, 9.17) is 16.0 Å². The van der Waals surface area contributed by atoms with Crippen molar-refractivity contribution >= 4 is 57.5 Å². The number of nitrogens with one attached hydrogen (secondary N) is 2. The molecule has 8 nitrogen and oxygen atoms in total. The number of halogens is 1. The topological polar surface area (TPSA) is 102 Å². The molecule has 0 atom stereocenters. The number of rotatable bonds is 6. The number of furan rings is 1. The molecule has 0 unspecified atom stereocenters. The van der Waals surface area contributed by atoms with Crippen molar-refractivity contribution in [2.75, 3.05) is 16.4 Å². The first-order chi connectivity index (χ1) is 14.9. The Morgan fingerprint density at radius 1 is 1.10 bits per heavy atom. The van der Waals surface area contributed by atoms with Crippen molar-refractivity contribution in [1.82, 2.24) is 14.8 Å². The van der Waals surface area contributed by atoms with Gasteiger partial charge in [-0.2, -0.15) is 0 Å². The molecule has 4 aromatic rings. The van der Waals surface area contributed by atoms with Crippen LogP contribution in [0.1, 0.15) is 6.92 Å². The van der Waals surface area contributed by atoms with E-state index in [9.17, 15) is 9.59 Å². The van der Waals surface area contributed by atoms with Crippen LogP contribution < -0.4 is 10.6 Å². The van der Waals surface area contributed by atoms with Gasteiger partial charge in [-0.15, -0.1) is 10.2 Å². The van der Waals surface area contributed by atoms with Crippen LogP contribution in [0.5, 0.6) is 0 Å². The number of hydrogen-bond donors (Lipinski definition) is 2. The number of carbonyl (C=O) groups excluding carboxylic acids is 2. The second kappa shape index (κ2) is 8.83. The van der Waals surface area contributed by atoms with Crippen molar-refractivity contribution in [3.63, 3.8) is 0 Å². The standard InChI is InChI=1S/C21H18ClN5O3S/c1-12(28)23-15-4-3-5-16(10-15)24-19(29)11-31-21-26-25-20(27(21)2)18-9-13-8-14(22)6-7-17(13)30-18/h3-10H,11H2,1-2H3,(H,23,28)(H,24,29). The van der Waals surface area contributed by atoms with Gasteiger partial charge >= 0.3 is 0 Å². The first kappa shape index (κ1) is 21.0. The molecule has 0 fully saturated rings. The highest BCUT2D eigenvalue weighted by molar-refractivity contribution is 7.99. The van der Waals surface area contributed by atoms with Crippen molar-refractivity contribution in [2.45, 2.75) is 12.1 Å². The predicted octanol–water partition coefficient (Wildman–Crippen LogP) is 4.57. The SMILES string of the molecule is CC(=O)Nc1cccc(NC(=O)CSc2nnc(-c3cc4cc(Cl)ccc4o3)n2C)c1. The van der Waals surface area contributed by atoms with Crippen LogP contribution in [0.2, 0.25) is 5.02 Å². The Labute approximate surface area is 187 Å². The van der Waals surface area contributed by atoms with Gasteiger partial charge in [-0.1, -0.05) is 29.4 Å². The Kier molecular flexibility index (Phi) is 5.97. The van der Waals surface area contributed by atoms with Crippen molar-refractivity contribution in [3.05, 3.63) is 53.6 Å². The Bertz CT molecular complexity index is 1280. The van der Waals surface area contributed by atoms with Crippen molar-refractivity contribution in [1.29, 1.82) is 0 Å². The lowest BCUT2D eigenvalue weighted by molar-refractivity contribution is -0.114. The highest BCUT2D eigenvalue weighted by atomic mass is 35.5. The molecule has 2 N–H and O–H groups in total. The summed E-state index contributed by atoms with van der Waals surface area (Å²) in [6.45, 7) is 1.43. The molecule has 0 spiro atoms. The minimum absolute atomic E-state index is 0.145. The smallest absolute Gasteiger partial charge is 0.234 e. The van der Waals surface area contributed by atoms with Crippen LogP contribution in [0.25, 0.3) is 22.6 Å². The normalized spacial score (nSPS) is 10.9. The van der Waals surface area contributed by atoms with Gasteiger partial charge < -0.3 is 19.6 Å². The third-order valence-electron chi connectivity index (χ3n) is 4.33. The monoisotopic (exact) mass is 455 g/mol. The van der Waals surface area contributed by atoms with Crippen LogP contribution in [-0.2, 0) is 16.6 Å². The van der Waals surface area contributed by atoms with Gasteiger partial charge in [-0.05, 0) is 42.5 Å². The Balaban J connectivity index is 1.42. The molecule has 0 saturated heterocycles. The van der Waals surface area contributed by atoms with Crippen LogP contribution in [-0.4, -0.2) is 32.3 Å². The number of thioether (sulfide) groups is 1. The zero-order chi connectivity index (χ0) is 22.0. The Morgan fingerprint density at radius 2 is 1.87 bits per heavy atom. The molecule has 158 valence electrons. The minimum atomic E-state index is -0.201. The molecule has 2 aromatic carbocycles. The predicted molar refractivity (Wildman–Crippen MR) is 121 cm³/mol. The fourth-order valence-electron chi connectivity index (χ4n) is 2.98. The lowest BCUT2D eigenvalue weighted by Crippen LogP contribution is -2.15. The molecule has 0 bridgehead atoms. The van der Waals surface area contributed by atoms with Gasteiger partial charge in [0, 0.05) is 35.8 Å². The second-order valence-electron chi connectivity index (χ2n) is 6.76. The van der Waals surface area contributed by atoms with Gasteiger partial charge in [0.25, 0.3) is 0 Å². The number of hydrogen-bond acceptors (Lipinski definition) is 6. The fraction of sp³-hybridized carbons (Fsp3) is 0.143. The van der Waals surface area contributed by atoms with Crippen molar-refractivity contribution in [2.24, 2.45) is 7.05 Å². The number of amides is 2. The van der Waals surface area contributed by atoms with Crippen molar-refractivity contribution < 1.29 is 14.0 Å². The molecule has 0 radical (unpaired) electrons. The van der Waals surface area contributed by atoms with Crippen LogP contribution in [0, 0.1) is 0 Å². The summed E-state index contributed by atoms with van der Waals surface area (Å²) < 4.78 is 7.62. The summed E-state index contributed by atoms with van der Waals surface area (Å²) in [5, 5.41) is 15.9. The van der Waals surface area contributed by atoms with E-state index in [1.165, 1.54) is 18.7 Å². The number of nitrogens with zero attached hydrogens (tertiary/aromatic N) is 3. The largest absolute Gasteiger partial charge is 0.453 e. The molecule has 10 heteroatoms. The van der Waals surface area contributed by atoms with Gasteiger partial charge in [0.05, 0.1) is 5.75 Å². The van der Waals surface area contributed by atoms with Gasteiger partial charge in [0.1, 0.15) is 5.58 Å². The number of aromatic nitrogens is 3. The molecule has 4 rings (SSSR count). The van der Waals surface area contributed by atoms with E-state index >= 15 is 0 Å². The van der Waals surface area contributed by atoms with E-state index in [1.807, 2.05) is 19.2 Å². The molecule has 0 aliphatic rings.